The number of hydrogen-bond acceptors (Lipinski definition) is 5. The van der Waals surface area contributed by atoms with Crippen LogP contribution < -0.4 is 16.0 Å². The molecule has 10 nitrogen and oxygen atoms in total. The molecule has 2 saturated heterocycles. The lowest BCUT2D eigenvalue weighted by Gasteiger charge is -2.40. The number of benzene rings is 1. The Bertz CT molecular complexity index is 878. The molecule has 3 amide bonds. The average molecular weight is 572 g/mol. The van der Waals surface area contributed by atoms with E-state index in [0.717, 1.165) is 5.56 Å². The van der Waals surface area contributed by atoms with Crippen LogP contribution in [0.5, 0.6) is 0 Å². The molecule has 0 saturated carbocycles. The molecule has 33 heavy (non-hydrogen) atoms. The van der Waals surface area contributed by atoms with Gasteiger partial charge in [-0.1, -0.05) is 12.1 Å². The summed E-state index contributed by atoms with van der Waals surface area (Å²) in [6.45, 7) is 8.28. The maximum absolute atomic E-state index is 12.5. The number of aliphatic imine (C=N–C) groups is 1. The predicted molar refractivity (Wildman–Crippen MR) is 136 cm³/mol. The summed E-state index contributed by atoms with van der Waals surface area (Å²) in [5.41, 5.74) is 1.04. The molecule has 2 aliphatic heterocycles. The number of guanidine groups is 1. The van der Waals surface area contributed by atoms with E-state index in [2.05, 4.69) is 20.9 Å². The number of amides is 3. The van der Waals surface area contributed by atoms with E-state index in [1.165, 1.54) is 0 Å². The molecule has 1 aromatic carbocycles. The standard InChI is InChI=1S/C22H32N6O4.HI/c1-22(2,3)32-21(31)28-12-17(13-28)26-20(23-4)25-11-15-5-7-16(8-6-15)19(30)27-10-9-24-18(29)14-27;/h5-8,17H,9-14H2,1-4H3,(H,24,29)(H2,23,25,26);1H. The topological polar surface area (TPSA) is 115 Å². The van der Waals surface area contributed by atoms with Gasteiger partial charge in [-0.2, -0.15) is 0 Å². The third-order valence-corrected chi connectivity index (χ3v) is 5.08. The van der Waals surface area contributed by atoms with E-state index in [9.17, 15) is 14.4 Å². The molecule has 0 spiro atoms. The van der Waals surface area contributed by atoms with E-state index < -0.39 is 5.60 Å². The van der Waals surface area contributed by atoms with E-state index in [0.29, 0.717) is 44.2 Å². The van der Waals surface area contributed by atoms with Crippen LogP contribution in [0.3, 0.4) is 0 Å². The van der Waals surface area contributed by atoms with Gasteiger partial charge in [0.25, 0.3) is 5.91 Å². The van der Waals surface area contributed by atoms with Crippen LogP contribution in [0.15, 0.2) is 29.3 Å². The minimum atomic E-state index is -0.504. The summed E-state index contributed by atoms with van der Waals surface area (Å²) >= 11 is 0. The summed E-state index contributed by atoms with van der Waals surface area (Å²) < 4.78 is 5.36. The van der Waals surface area contributed by atoms with Crippen LogP contribution in [0.4, 0.5) is 4.79 Å². The predicted octanol–water partition coefficient (Wildman–Crippen LogP) is 1.16. The lowest BCUT2D eigenvalue weighted by atomic mass is 10.1. The van der Waals surface area contributed by atoms with Crippen LogP contribution in [0, 0.1) is 0 Å². The van der Waals surface area contributed by atoms with Crippen molar-refractivity contribution in [1.82, 2.24) is 25.8 Å². The summed E-state index contributed by atoms with van der Waals surface area (Å²) in [6.07, 6.45) is -0.307. The second-order valence-electron chi connectivity index (χ2n) is 8.93. The molecule has 3 N–H and O–H groups in total. The Morgan fingerprint density at radius 1 is 1.18 bits per heavy atom. The molecular weight excluding hydrogens is 539 g/mol. The Kier molecular flexibility index (Phi) is 9.32. The number of nitrogens with one attached hydrogen (secondary N) is 3. The molecule has 0 aromatic heterocycles. The Morgan fingerprint density at radius 2 is 1.85 bits per heavy atom. The number of carbonyl (C=O) groups is 3. The molecule has 0 unspecified atom stereocenters. The highest BCUT2D eigenvalue weighted by atomic mass is 127. The third kappa shape index (κ3) is 7.76. The fourth-order valence-corrected chi connectivity index (χ4v) is 3.38. The number of piperazine rings is 1. The molecular formula is C22H33IN6O4. The molecule has 2 aliphatic rings. The maximum Gasteiger partial charge on any atom is 0.410 e. The lowest BCUT2D eigenvalue weighted by molar-refractivity contribution is -0.123. The van der Waals surface area contributed by atoms with Crippen LogP contribution >= 0.6 is 24.0 Å². The van der Waals surface area contributed by atoms with Crippen molar-refractivity contribution < 1.29 is 19.1 Å². The van der Waals surface area contributed by atoms with Crippen LogP contribution in [0.2, 0.25) is 0 Å². The van der Waals surface area contributed by atoms with Gasteiger partial charge in [0.1, 0.15) is 5.60 Å². The molecule has 11 heteroatoms. The molecule has 182 valence electrons. The van der Waals surface area contributed by atoms with Crippen LogP contribution in [-0.4, -0.2) is 85.1 Å². The first-order chi connectivity index (χ1) is 15.1. The van der Waals surface area contributed by atoms with Crippen LogP contribution in [0.1, 0.15) is 36.7 Å². The molecule has 1 aromatic rings. The van der Waals surface area contributed by atoms with Crippen molar-refractivity contribution in [1.29, 1.82) is 0 Å². The Labute approximate surface area is 211 Å². The van der Waals surface area contributed by atoms with E-state index in [4.69, 9.17) is 4.74 Å². The fraction of sp³-hybridized carbons (Fsp3) is 0.545. The first kappa shape index (κ1) is 26.7. The molecule has 0 bridgehead atoms. The van der Waals surface area contributed by atoms with E-state index in [1.54, 1.807) is 29.0 Å². The number of hydrogen-bond donors (Lipinski definition) is 3. The zero-order valence-corrected chi connectivity index (χ0v) is 21.8. The van der Waals surface area contributed by atoms with Gasteiger partial charge < -0.3 is 30.5 Å². The van der Waals surface area contributed by atoms with E-state index in [-0.39, 0.29) is 54.5 Å². The van der Waals surface area contributed by atoms with Crippen molar-refractivity contribution in [2.45, 2.75) is 39.0 Å². The van der Waals surface area contributed by atoms with Gasteiger partial charge in [-0.15, -0.1) is 24.0 Å². The number of halogens is 1. The van der Waals surface area contributed by atoms with Crippen molar-refractivity contribution in [3.05, 3.63) is 35.4 Å². The maximum atomic E-state index is 12.5. The summed E-state index contributed by atoms with van der Waals surface area (Å²) in [5, 5.41) is 9.24. The highest BCUT2D eigenvalue weighted by Crippen LogP contribution is 2.15. The highest BCUT2D eigenvalue weighted by molar-refractivity contribution is 14.0. The van der Waals surface area contributed by atoms with Crippen molar-refractivity contribution in [3.8, 4) is 0 Å². The van der Waals surface area contributed by atoms with Gasteiger partial charge in [-0.25, -0.2) is 4.79 Å². The lowest BCUT2D eigenvalue weighted by Crippen LogP contribution is -2.63. The van der Waals surface area contributed by atoms with Crippen LogP contribution in [-0.2, 0) is 16.1 Å². The smallest absolute Gasteiger partial charge is 0.410 e. The van der Waals surface area contributed by atoms with Crippen molar-refractivity contribution in [2.24, 2.45) is 4.99 Å². The van der Waals surface area contributed by atoms with E-state index >= 15 is 0 Å². The molecule has 0 atom stereocenters. The number of carbonyl (C=O) groups excluding carboxylic acids is 3. The molecule has 0 aliphatic carbocycles. The highest BCUT2D eigenvalue weighted by Gasteiger charge is 2.34. The quantitative estimate of drug-likeness (QED) is 0.284. The molecule has 0 radical (unpaired) electrons. The minimum Gasteiger partial charge on any atom is -0.444 e. The summed E-state index contributed by atoms with van der Waals surface area (Å²) in [4.78, 5) is 43.5. The summed E-state index contributed by atoms with van der Waals surface area (Å²) in [5.74, 6) is 0.361. The normalized spacial score (nSPS) is 16.8. The molecule has 2 fully saturated rings. The number of likely N-dealkylation sites (tertiary alicyclic amines) is 1. The van der Waals surface area contributed by atoms with E-state index in [1.807, 2.05) is 32.9 Å². The van der Waals surface area contributed by atoms with Gasteiger partial charge in [0.2, 0.25) is 5.91 Å². The largest absolute Gasteiger partial charge is 0.444 e. The third-order valence-electron chi connectivity index (χ3n) is 5.08. The van der Waals surface area contributed by atoms with Crippen molar-refractivity contribution >= 4 is 47.8 Å². The first-order valence-electron chi connectivity index (χ1n) is 10.7. The monoisotopic (exact) mass is 572 g/mol. The molecule has 3 rings (SSSR count). The Morgan fingerprint density at radius 3 is 2.42 bits per heavy atom. The summed E-state index contributed by atoms with van der Waals surface area (Å²) in [7, 11) is 1.69. The number of rotatable bonds is 4. The van der Waals surface area contributed by atoms with Gasteiger partial charge in [0.15, 0.2) is 5.96 Å². The number of ether oxygens (including phenoxy) is 1. The zero-order valence-electron chi connectivity index (χ0n) is 19.5. The van der Waals surface area contributed by atoms with Gasteiger partial charge in [0.05, 0.1) is 12.6 Å². The Balaban J connectivity index is 0.00000385. The molecule has 2 heterocycles. The van der Waals surface area contributed by atoms with Crippen LogP contribution in [0.25, 0.3) is 0 Å². The van der Waals surface area contributed by atoms with Gasteiger partial charge >= 0.3 is 6.09 Å². The van der Waals surface area contributed by atoms with Gasteiger partial charge in [0, 0.05) is 45.3 Å². The SMILES string of the molecule is CN=C(NCc1ccc(C(=O)N2CCNC(=O)C2)cc1)NC1CN(C(=O)OC(C)(C)C)C1.I. The zero-order chi connectivity index (χ0) is 23.3. The average Bonchev–Trinajstić information content (AvgIpc) is 2.71. The first-order valence-corrected chi connectivity index (χ1v) is 10.7. The Hall–Kier alpha value is -2.57. The second-order valence-corrected chi connectivity index (χ2v) is 8.93. The van der Waals surface area contributed by atoms with Gasteiger partial charge in [-0.3, -0.25) is 14.6 Å². The number of nitrogens with zero attached hydrogens (tertiary/aromatic N) is 3. The fourth-order valence-electron chi connectivity index (χ4n) is 3.38. The van der Waals surface area contributed by atoms with Crippen molar-refractivity contribution in [2.75, 3.05) is 39.8 Å². The van der Waals surface area contributed by atoms with Gasteiger partial charge in [-0.05, 0) is 38.5 Å². The van der Waals surface area contributed by atoms with Crippen molar-refractivity contribution in [3.63, 3.8) is 0 Å². The minimum absolute atomic E-state index is 0. The summed E-state index contributed by atoms with van der Waals surface area (Å²) in [6, 6.07) is 7.41. The second kappa shape index (κ2) is 11.5.